The lowest BCUT2D eigenvalue weighted by Gasteiger charge is -2.12. The van der Waals surface area contributed by atoms with Gasteiger partial charge in [-0.3, -0.25) is 4.79 Å². The minimum absolute atomic E-state index is 0.0752. The van der Waals surface area contributed by atoms with Crippen LogP contribution in [0.4, 0.5) is 0 Å². The van der Waals surface area contributed by atoms with Gasteiger partial charge in [0.1, 0.15) is 19.0 Å². The summed E-state index contributed by atoms with van der Waals surface area (Å²) >= 11 is 3.40. The number of rotatable bonds is 12. The van der Waals surface area contributed by atoms with Crippen LogP contribution in [0.1, 0.15) is 5.56 Å². The quantitative estimate of drug-likeness (QED) is 0.390. The number of nitrogens with two attached hydrogens (primary N) is 1. The van der Waals surface area contributed by atoms with E-state index >= 15 is 0 Å². The minimum atomic E-state index is -0.0752. The molecule has 158 valence electrons. The first kappa shape index (κ1) is 23.3. The third kappa shape index (κ3) is 7.38. The van der Waals surface area contributed by atoms with Crippen LogP contribution in [0.15, 0.2) is 46.2 Å². The predicted molar refractivity (Wildman–Crippen MR) is 120 cm³/mol. The number of carbonyl (C=O) groups is 1. The highest BCUT2D eigenvalue weighted by atomic mass is 32.2. The molecule has 29 heavy (non-hydrogen) atoms. The highest BCUT2D eigenvalue weighted by Gasteiger charge is 2.09. The average molecular weight is 437 g/mol. The van der Waals surface area contributed by atoms with Crippen molar-refractivity contribution >= 4 is 29.4 Å². The van der Waals surface area contributed by atoms with Gasteiger partial charge in [-0.05, 0) is 48.4 Å². The van der Waals surface area contributed by atoms with Crippen LogP contribution in [0, 0.1) is 0 Å². The fraction of sp³-hybridized carbons (Fsp3) is 0.381. The second kappa shape index (κ2) is 12.5. The monoisotopic (exact) mass is 436 g/mol. The molecule has 0 spiro atoms. The number of benzene rings is 2. The number of hydrogen-bond donors (Lipinski definition) is 2. The largest absolute Gasteiger partial charge is 0.493 e. The van der Waals surface area contributed by atoms with E-state index in [1.807, 2.05) is 24.5 Å². The number of ether oxygens (including phenoxy) is 3. The Hall–Kier alpha value is -2.03. The molecule has 2 aromatic carbocycles. The van der Waals surface area contributed by atoms with Crippen LogP contribution in [0.2, 0.25) is 0 Å². The van der Waals surface area contributed by atoms with Crippen molar-refractivity contribution in [3.8, 4) is 17.2 Å². The summed E-state index contributed by atoms with van der Waals surface area (Å²) in [5.41, 5.74) is 6.30. The average Bonchev–Trinajstić information content (AvgIpc) is 2.75. The minimum Gasteiger partial charge on any atom is -0.493 e. The van der Waals surface area contributed by atoms with Crippen LogP contribution in [-0.2, 0) is 11.2 Å². The van der Waals surface area contributed by atoms with Gasteiger partial charge in [0.15, 0.2) is 11.5 Å². The number of thioether (sulfide) groups is 2. The molecule has 6 nitrogen and oxygen atoms in total. The van der Waals surface area contributed by atoms with Gasteiger partial charge in [0, 0.05) is 16.3 Å². The van der Waals surface area contributed by atoms with E-state index in [4.69, 9.17) is 19.9 Å². The number of carbonyl (C=O) groups excluding carboxylic acids is 1. The van der Waals surface area contributed by atoms with Crippen molar-refractivity contribution in [2.24, 2.45) is 5.73 Å². The van der Waals surface area contributed by atoms with Crippen LogP contribution in [0.5, 0.6) is 17.2 Å². The zero-order valence-corrected chi connectivity index (χ0v) is 18.7. The summed E-state index contributed by atoms with van der Waals surface area (Å²) < 4.78 is 16.6. The van der Waals surface area contributed by atoms with Gasteiger partial charge < -0.3 is 25.3 Å². The van der Waals surface area contributed by atoms with Crippen LogP contribution in [-0.4, -0.2) is 51.8 Å². The van der Waals surface area contributed by atoms with Gasteiger partial charge in [0.05, 0.1) is 20.1 Å². The van der Waals surface area contributed by atoms with Crippen molar-refractivity contribution < 1.29 is 19.0 Å². The van der Waals surface area contributed by atoms with Crippen molar-refractivity contribution in [2.75, 3.05) is 45.9 Å². The van der Waals surface area contributed by atoms with Gasteiger partial charge in [-0.25, -0.2) is 0 Å². The zero-order chi connectivity index (χ0) is 21.1. The van der Waals surface area contributed by atoms with E-state index in [9.17, 15) is 4.79 Å². The molecule has 0 aliphatic rings. The van der Waals surface area contributed by atoms with Gasteiger partial charge in [-0.15, -0.1) is 23.5 Å². The molecule has 3 N–H and O–H groups in total. The number of nitrogens with one attached hydrogen (secondary N) is 1. The Morgan fingerprint density at radius 1 is 1.00 bits per heavy atom. The molecule has 8 heteroatoms. The third-order valence-electron chi connectivity index (χ3n) is 4.02. The Morgan fingerprint density at radius 2 is 1.79 bits per heavy atom. The van der Waals surface area contributed by atoms with Gasteiger partial charge >= 0.3 is 0 Å². The van der Waals surface area contributed by atoms with Gasteiger partial charge in [0.25, 0.3) is 0 Å². The van der Waals surface area contributed by atoms with Gasteiger partial charge in [-0.2, -0.15) is 0 Å². The standard InChI is InChI=1S/C21H28N2O4S2/c1-25-18-12-15(4-6-17(18)27-10-8-22)13-21(24)23-9-11-26-16-5-7-19(28-2)20(14-16)29-3/h4-7,12,14H,8-11,13,22H2,1-3H3,(H,23,24). The summed E-state index contributed by atoms with van der Waals surface area (Å²) in [6, 6.07) is 11.5. The Morgan fingerprint density at radius 3 is 2.48 bits per heavy atom. The summed E-state index contributed by atoms with van der Waals surface area (Å²) in [6.07, 6.45) is 4.36. The Bertz CT molecular complexity index is 802. The molecule has 0 bridgehead atoms. The van der Waals surface area contributed by atoms with E-state index in [-0.39, 0.29) is 12.3 Å². The number of hydrogen-bond acceptors (Lipinski definition) is 7. The number of methoxy groups -OCH3 is 1. The third-order valence-corrected chi connectivity index (χ3v) is 5.72. The van der Waals surface area contributed by atoms with E-state index < -0.39 is 0 Å². The molecule has 0 aliphatic heterocycles. The highest BCUT2D eigenvalue weighted by molar-refractivity contribution is 8.01. The van der Waals surface area contributed by atoms with Crippen LogP contribution >= 0.6 is 23.5 Å². The van der Waals surface area contributed by atoms with Gasteiger partial charge in [-0.1, -0.05) is 6.07 Å². The van der Waals surface area contributed by atoms with E-state index in [1.165, 1.54) is 9.79 Å². The first-order valence-corrected chi connectivity index (χ1v) is 11.7. The van der Waals surface area contributed by atoms with Crippen LogP contribution in [0.3, 0.4) is 0 Å². The lowest BCUT2D eigenvalue weighted by atomic mass is 10.1. The normalized spacial score (nSPS) is 10.5. The first-order chi connectivity index (χ1) is 14.1. The molecule has 0 aromatic heterocycles. The molecule has 0 aliphatic carbocycles. The Kier molecular flexibility index (Phi) is 10.0. The summed E-state index contributed by atoms with van der Waals surface area (Å²) in [4.78, 5) is 14.6. The second-order valence-electron chi connectivity index (χ2n) is 6.01. The number of amides is 1. The summed E-state index contributed by atoms with van der Waals surface area (Å²) in [5, 5.41) is 2.88. The van der Waals surface area contributed by atoms with Crippen molar-refractivity contribution in [2.45, 2.75) is 16.2 Å². The zero-order valence-electron chi connectivity index (χ0n) is 17.0. The van der Waals surface area contributed by atoms with E-state index in [0.717, 1.165) is 11.3 Å². The molecular weight excluding hydrogens is 408 g/mol. The predicted octanol–water partition coefficient (Wildman–Crippen LogP) is 3.21. The summed E-state index contributed by atoms with van der Waals surface area (Å²) in [7, 11) is 1.57. The van der Waals surface area contributed by atoms with Crippen molar-refractivity contribution in [1.29, 1.82) is 0 Å². The molecule has 0 radical (unpaired) electrons. The molecule has 0 unspecified atom stereocenters. The van der Waals surface area contributed by atoms with E-state index in [2.05, 4.69) is 17.6 Å². The summed E-state index contributed by atoms with van der Waals surface area (Å²) in [6.45, 7) is 1.68. The van der Waals surface area contributed by atoms with Crippen molar-refractivity contribution in [1.82, 2.24) is 5.32 Å². The lowest BCUT2D eigenvalue weighted by molar-refractivity contribution is -0.120. The molecule has 0 atom stereocenters. The maximum Gasteiger partial charge on any atom is 0.224 e. The summed E-state index contributed by atoms with van der Waals surface area (Å²) in [5.74, 6) is 1.94. The molecular formula is C21H28N2O4S2. The second-order valence-corrected chi connectivity index (χ2v) is 7.71. The molecule has 0 saturated carbocycles. The smallest absolute Gasteiger partial charge is 0.224 e. The van der Waals surface area contributed by atoms with Crippen molar-refractivity contribution in [3.63, 3.8) is 0 Å². The molecule has 1 amide bonds. The van der Waals surface area contributed by atoms with Crippen molar-refractivity contribution in [3.05, 3.63) is 42.0 Å². The van der Waals surface area contributed by atoms with E-state index in [0.29, 0.717) is 37.8 Å². The van der Waals surface area contributed by atoms with E-state index in [1.54, 1.807) is 42.8 Å². The van der Waals surface area contributed by atoms with Crippen LogP contribution in [0.25, 0.3) is 0 Å². The molecule has 2 aromatic rings. The maximum atomic E-state index is 12.2. The Balaban J connectivity index is 1.80. The topological polar surface area (TPSA) is 82.8 Å². The fourth-order valence-corrected chi connectivity index (χ4v) is 4.09. The first-order valence-electron chi connectivity index (χ1n) is 9.22. The lowest BCUT2D eigenvalue weighted by Crippen LogP contribution is -2.29. The molecule has 0 heterocycles. The molecule has 0 fully saturated rings. The van der Waals surface area contributed by atoms with Crippen LogP contribution < -0.4 is 25.3 Å². The molecule has 0 saturated heterocycles. The van der Waals surface area contributed by atoms with Gasteiger partial charge in [0.2, 0.25) is 5.91 Å². The Labute approximate surface area is 180 Å². The fourth-order valence-electron chi connectivity index (χ4n) is 2.62. The maximum absolute atomic E-state index is 12.2. The molecule has 2 rings (SSSR count). The SMILES string of the molecule is COc1cc(CC(=O)NCCOc2ccc(SC)c(SC)c2)ccc1OCCN. The highest BCUT2D eigenvalue weighted by Crippen LogP contribution is 2.31.